The summed E-state index contributed by atoms with van der Waals surface area (Å²) >= 11 is 0. The Balaban J connectivity index is 1.38. The first kappa shape index (κ1) is 22.9. The van der Waals surface area contributed by atoms with E-state index in [1.807, 2.05) is 42.3 Å². The molecule has 7 heteroatoms. The predicted octanol–water partition coefficient (Wildman–Crippen LogP) is 3.44. The zero-order chi connectivity index (χ0) is 22.9. The fourth-order valence-corrected chi connectivity index (χ4v) is 4.38. The van der Waals surface area contributed by atoms with Gasteiger partial charge < -0.3 is 15.4 Å². The lowest BCUT2D eigenvalue weighted by Gasteiger charge is -2.29. The average Bonchev–Trinajstić information content (AvgIpc) is 3.57. The third kappa shape index (κ3) is 6.14. The highest BCUT2D eigenvalue weighted by molar-refractivity contribution is 5.79. The zero-order valence-corrected chi connectivity index (χ0v) is 19.6. The monoisotopic (exact) mass is 446 g/mol. The maximum Gasteiger partial charge on any atom is 0.191 e. The van der Waals surface area contributed by atoms with Gasteiger partial charge in [0.2, 0.25) is 0 Å². The van der Waals surface area contributed by atoms with Gasteiger partial charge in [-0.25, -0.2) is 0 Å². The third-order valence-electron chi connectivity index (χ3n) is 6.22. The molecule has 0 amide bonds. The van der Waals surface area contributed by atoms with Gasteiger partial charge in [0.15, 0.2) is 5.96 Å². The van der Waals surface area contributed by atoms with E-state index in [1.54, 1.807) is 7.11 Å². The molecule has 0 saturated carbocycles. The molecule has 3 aromatic rings. The lowest BCUT2D eigenvalue weighted by atomic mass is 10.1. The maximum atomic E-state index is 5.34. The van der Waals surface area contributed by atoms with E-state index in [-0.39, 0.29) is 0 Å². The molecule has 0 radical (unpaired) electrons. The van der Waals surface area contributed by atoms with Gasteiger partial charge in [-0.05, 0) is 60.8 Å². The molecule has 1 unspecified atom stereocenters. The predicted molar refractivity (Wildman–Crippen MR) is 133 cm³/mol. The molecule has 1 aliphatic heterocycles. The van der Waals surface area contributed by atoms with E-state index in [0.717, 1.165) is 37.9 Å². The minimum absolute atomic E-state index is 0.295. The number of methoxy groups -OCH3 is 1. The Morgan fingerprint density at radius 2 is 1.79 bits per heavy atom. The van der Waals surface area contributed by atoms with Crippen molar-refractivity contribution in [2.45, 2.75) is 32.0 Å². The van der Waals surface area contributed by atoms with E-state index in [1.165, 1.54) is 29.5 Å². The van der Waals surface area contributed by atoms with E-state index in [9.17, 15) is 0 Å². The number of nitrogens with zero attached hydrogens (tertiary/aromatic N) is 4. The number of hydrogen-bond donors (Lipinski definition) is 2. The smallest absolute Gasteiger partial charge is 0.191 e. The highest BCUT2D eigenvalue weighted by atomic mass is 16.5. The van der Waals surface area contributed by atoms with Crippen molar-refractivity contribution in [2.75, 3.05) is 33.8 Å². The van der Waals surface area contributed by atoms with Gasteiger partial charge >= 0.3 is 0 Å². The number of rotatable bonds is 9. The zero-order valence-electron chi connectivity index (χ0n) is 19.6. The summed E-state index contributed by atoms with van der Waals surface area (Å²) in [6, 6.07) is 19.1. The first-order chi connectivity index (χ1) is 16.3. The quantitative estimate of drug-likeness (QED) is 0.389. The Bertz CT molecular complexity index is 1010. The Hall–Kier alpha value is -3.32. The van der Waals surface area contributed by atoms with Crippen molar-refractivity contribution >= 4 is 5.96 Å². The van der Waals surface area contributed by atoms with Gasteiger partial charge in [0.25, 0.3) is 0 Å². The van der Waals surface area contributed by atoms with Gasteiger partial charge in [-0.2, -0.15) is 5.10 Å². The Morgan fingerprint density at radius 1 is 1.03 bits per heavy atom. The Labute approximate surface area is 196 Å². The van der Waals surface area contributed by atoms with E-state index < -0.39 is 0 Å². The van der Waals surface area contributed by atoms with Crippen LogP contribution in [-0.2, 0) is 13.1 Å². The number of aromatic nitrogens is 2. The van der Waals surface area contributed by atoms with Crippen LogP contribution in [0, 0.1) is 0 Å². The SMILES string of the molecule is CN=C(NCc1ccccc1Cn1cccn1)NCC(c1ccc(OC)cc1)N1CCCC1. The molecule has 0 bridgehead atoms. The van der Waals surface area contributed by atoms with Crippen LogP contribution in [0.5, 0.6) is 5.75 Å². The second-order valence-electron chi connectivity index (χ2n) is 8.31. The van der Waals surface area contributed by atoms with Crippen LogP contribution in [0.1, 0.15) is 35.6 Å². The van der Waals surface area contributed by atoms with Gasteiger partial charge in [-0.1, -0.05) is 36.4 Å². The molecule has 2 aromatic carbocycles. The van der Waals surface area contributed by atoms with Crippen LogP contribution >= 0.6 is 0 Å². The summed E-state index contributed by atoms with van der Waals surface area (Å²) in [4.78, 5) is 7.02. The van der Waals surface area contributed by atoms with Gasteiger partial charge in [0, 0.05) is 32.5 Å². The number of aliphatic imine (C=N–C) groups is 1. The van der Waals surface area contributed by atoms with Crippen LogP contribution in [0.25, 0.3) is 0 Å². The highest BCUT2D eigenvalue weighted by Crippen LogP contribution is 2.26. The molecular weight excluding hydrogens is 412 g/mol. The third-order valence-corrected chi connectivity index (χ3v) is 6.22. The highest BCUT2D eigenvalue weighted by Gasteiger charge is 2.23. The molecule has 174 valence electrons. The molecule has 0 aliphatic carbocycles. The van der Waals surface area contributed by atoms with Crippen molar-refractivity contribution in [2.24, 2.45) is 4.99 Å². The van der Waals surface area contributed by atoms with Crippen LogP contribution in [0.15, 0.2) is 72.0 Å². The summed E-state index contributed by atoms with van der Waals surface area (Å²) in [7, 11) is 3.53. The summed E-state index contributed by atoms with van der Waals surface area (Å²) in [6.45, 7) is 4.51. The number of nitrogens with one attached hydrogen (secondary N) is 2. The number of hydrogen-bond acceptors (Lipinski definition) is 4. The fourth-order valence-electron chi connectivity index (χ4n) is 4.38. The van der Waals surface area contributed by atoms with Crippen molar-refractivity contribution in [3.05, 3.63) is 83.7 Å². The molecule has 1 saturated heterocycles. The fraction of sp³-hybridized carbons (Fsp3) is 0.385. The number of likely N-dealkylation sites (tertiary alicyclic amines) is 1. The molecule has 1 aromatic heterocycles. The van der Waals surface area contributed by atoms with Crippen molar-refractivity contribution in [1.29, 1.82) is 0 Å². The largest absolute Gasteiger partial charge is 0.497 e. The van der Waals surface area contributed by atoms with E-state index in [2.05, 4.69) is 62.0 Å². The molecule has 2 heterocycles. The molecule has 2 N–H and O–H groups in total. The van der Waals surface area contributed by atoms with E-state index in [4.69, 9.17) is 4.74 Å². The second kappa shape index (κ2) is 11.5. The summed E-state index contributed by atoms with van der Waals surface area (Å²) in [5.74, 6) is 1.69. The number of ether oxygens (including phenoxy) is 1. The molecule has 0 spiro atoms. The van der Waals surface area contributed by atoms with Crippen LogP contribution < -0.4 is 15.4 Å². The topological polar surface area (TPSA) is 66.7 Å². The number of guanidine groups is 1. The van der Waals surface area contributed by atoms with E-state index >= 15 is 0 Å². The molecule has 1 atom stereocenters. The first-order valence-electron chi connectivity index (χ1n) is 11.6. The van der Waals surface area contributed by atoms with Crippen LogP contribution in [-0.4, -0.2) is 54.4 Å². The van der Waals surface area contributed by atoms with Crippen LogP contribution in [0.4, 0.5) is 0 Å². The van der Waals surface area contributed by atoms with Gasteiger partial charge in [-0.15, -0.1) is 0 Å². The summed E-state index contributed by atoms with van der Waals surface area (Å²) in [6.07, 6.45) is 6.31. The van der Waals surface area contributed by atoms with Crippen LogP contribution in [0.2, 0.25) is 0 Å². The maximum absolute atomic E-state index is 5.34. The Morgan fingerprint density at radius 3 is 2.45 bits per heavy atom. The van der Waals surface area contributed by atoms with Gasteiger partial charge in [-0.3, -0.25) is 14.6 Å². The minimum Gasteiger partial charge on any atom is -0.497 e. The number of benzene rings is 2. The summed E-state index contributed by atoms with van der Waals surface area (Å²) < 4.78 is 7.29. The van der Waals surface area contributed by atoms with Crippen molar-refractivity contribution in [1.82, 2.24) is 25.3 Å². The summed E-state index contributed by atoms with van der Waals surface area (Å²) in [5.41, 5.74) is 3.78. The van der Waals surface area contributed by atoms with Crippen molar-refractivity contribution in [3.63, 3.8) is 0 Å². The summed E-state index contributed by atoms with van der Waals surface area (Å²) in [5, 5.41) is 11.4. The molecule has 1 fully saturated rings. The van der Waals surface area contributed by atoms with Crippen molar-refractivity contribution in [3.8, 4) is 5.75 Å². The standard InChI is InChI=1S/C26H34N6O/c1-27-26(28-18-22-8-3-4-9-23(22)20-32-17-7-14-30-32)29-19-25(31-15-5-6-16-31)21-10-12-24(33-2)13-11-21/h3-4,7-14,17,25H,5-6,15-16,18-20H2,1-2H3,(H2,27,28,29). The molecule has 4 rings (SSSR count). The van der Waals surface area contributed by atoms with Gasteiger partial charge in [0.1, 0.15) is 5.75 Å². The molecule has 1 aliphatic rings. The van der Waals surface area contributed by atoms with E-state index in [0.29, 0.717) is 12.6 Å². The van der Waals surface area contributed by atoms with Gasteiger partial charge in [0.05, 0.1) is 19.7 Å². The lowest BCUT2D eigenvalue weighted by molar-refractivity contribution is 0.245. The van der Waals surface area contributed by atoms with Crippen LogP contribution in [0.3, 0.4) is 0 Å². The Kier molecular flexibility index (Phi) is 7.98. The first-order valence-corrected chi connectivity index (χ1v) is 11.6. The average molecular weight is 447 g/mol. The molecule has 33 heavy (non-hydrogen) atoms. The lowest BCUT2D eigenvalue weighted by Crippen LogP contribution is -2.42. The normalized spacial score (nSPS) is 15.4. The molecular formula is C26H34N6O. The minimum atomic E-state index is 0.295. The van der Waals surface area contributed by atoms with Crippen molar-refractivity contribution < 1.29 is 4.74 Å². The molecule has 7 nitrogen and oxygen atoms in total. The second-order valence-corrected chi connectivity index (χ2v) is 8.31.